The Bertz CT molecular complexity index is 752. The fourth-order valence-corrected chi connectivity index (χ4v) is 3.68. The second-order valence-electron chi connectivity index (χ2n) is 6.96. The van der Waals surface area contributed by atoms with E-state index in [-0.39, 0.29) is 29.0 Å². The first-order valence-corrected chi connectivity index (χ1v) is 9.83. The number of esters is 1. The summed E-state index contributed by atoms with van der Waals surface area (Å²) in [5.41, 5.74) is 0.131. The van der Waals surface area contributed by atoms with Crippen molar-refractivity contribution >= 4 is 27.2 Å². The third kappa shape index (κ3) is 3.99. The summed E-state index contributed by atoms with van der Waals surface area (Å²) in [6.45, 7) is 5.40. The van der Waals surface area contributed by atoms with Crippen molar-refractivity contribution in [1.82, 2.24) is 0 Å². The van der Waals surface area contributed by atoms with Gasteiger partial charge in [0.1, 0.15) is 11.5 Å². The van der Waals surface area contributed by atoms with Gasteiger partial charge in [0.25, 0.3) is 0 Å². The first kappa shape index (κ1) is 17.7. The Morgan fingerprint density at radius 1 is 1.26 bits per heavy atom. The van der Waals surface area contributed by atoms with Gasteiger partial charge < -0.3 is 4.74 Å². The van der Waals surface area contributed by atoms with Crippen molar-refractivity contribution in [2.24, 2.45) is 21.6 Å². The molecule has 0 aliphatic heterocycles. The lowest BCUT2D eigenvalue weighted by Crippen LogP contribution is -2.52. The van der Waals surface area contributed by atoms with E-state index < -0.39 is 9.73 Å². The molecule has 0 unspecified atom stereocenters. The SMILES string of the molecule is CC(=O)[C@@H]1C[C@H](C(=O)Oc2cccc(N=S(C)(C)=O)c2)C1(C)C. The van der Waals surface area contributed by atoms with Crippen LogP contribution in [0.2, 0.25) is 0 Å². The lowest BCUT2D eigenvalue weighted by Gasteiger charge is -2.49. The largest absolute Gasteiger partial charge is 0.426 e. The van der Waals surface area contributed by atoms with Gasteiger partial charge in [-0.05, 0) is 30.9 Å². The zero-order valence-corrected chi connectivity index (χ0v) is 15.0. The Balaban J connectivity index is 2.12. The van der Waals surface area contributed by atoms with Gasteiger partial charge in [-0.3, -0.25) is 9.59 Å². The predicted octanol–water partition coefficient (Wildman–Crippen LogP) is 3.20. The van der Waals surface area contributed by atoms with E-state index in [0.717, 1.165) is 0 Å². The molecule has 2 atom stereocenters. The van der Waals surface area contributed by atoms with E-state index in [2.05, 4.69) is 4.36 Å². The number of rotatable bonds is 4. The molecule has 0 amide bonds. The highest BCUT2D eigenvalue weighted by molar-refractivity contribution is 7.92. The molecule has 126 valence electrons. The maximum Gasteiger partial charge on any atom is 0.314 e. The van der Waals surface area contributed by atoms with Crippen LogP contribution >= 0.6 is 0 Å². The number of carbonyl (C=O) groups is 2. The average molecular weight is 337 g/mol. The van der Waals surface area contributed by atoms with Crippen LogP contribution in [0.4, 0.5) is 5.69 Å². The first-order valence-electron chi connectivity index (χ1n) is 7.50. The fraction of sp³-hybridized carbons (Fsp3) is 0.529. The molecule has 0 N–H and O–H groups in total. The van der Waals surface area contributed by atoms with Crippen LogP contribution in [0.1, 0.15) is 27.2 Å². The number of ketones is 1. The molecular weight excluding hydrogens is 314 g/mol. The van der Waals surface area contributed by atoms with E-state index >= 15 is 0 Å². The third-order valence-electron chi connectivity index (χ3n) is 4.40. The van der Waals surface area contributed by atoms with Crippen molar-refractivity contribution in [3.63, 3.8) is 0 Å². The lowest BCUT2D eigenvalue weighted by molar-refractivity contribution is -0.159. The van der Waals surface area contributed by atoms with Gasteiger partial charge in [-0.2, -0.15) is 4.36 Å². The van der Waals surface area contributed by atoms with E-state index in [4.69, 9.17) is 4.74 Å². The molecule has 0 saturated heterocycles. The highest BCUT2D eigenvalue weighted by Gasteiger charge is 2.54. The Morgan fingerprint density at radius 3 is 2.43 bits per heavy atom. The molecule has 0 bridgehead atoms. The fourth-order valence-electron chi connectivity index (χ4n) is 3.06. The molecule has 0 spiro atoms. The smallest absolute Gasteiger partial charge is 0.314 e. The molecule has 1 aliphatic rings. The summed E-state index contributed by atoms with van der Waals surface area (Å²) in [7, 11) is -2.27. The lowest BCUT2D eigenvalue weighted by atomic mass is 9.53. The van der Waals surface area contributed by atoms with Gasteiger partial charge in [0.15, 0.2) is 0 Å². The minimum absolute atomic E-state index is 0.0914. The molecule has 5 nitrogen and oxygen atoms in total. The second kappa shape index (κ2) is 6.07. The Kier molecular flexibility index (Phi) is 4.66. The van der Waals surface area contributed by atoms with Gasteiger partial charge in [0.2, 0.25) is 0 Å². The Morgan fingerprint density at radius 2 is 1.91 bits per heavy atom. The normalized spacial score (nSPS) is 22.8. The second-order valence-corrected chi connectivity index (χ2v) is 9.51. The molecule has 1 saturated carbocycles. The Labute approximate surface area is 137 Å². The minimum atomic E-state index is -2.27. The highest BCUT2D eigenvalue weighted by Crippen LogP contribution is 2.52. The van der Waals surface area contributed by atoms with Crippen molar-refractivity contribution in [1.29, 1.82) is 0 Å². The van der Waals surface area contributed by atoms with Crippen LogP contribution in [0.3, 0.4) is 0 Å². The summed E-state index contributed by atoms with van der Waals surface area (Å²) in [6, 6.07) is 6.68. The monoisotopic (exact) mass is 337 g/mol. The number of Topliss-reactive ketones (excluding diaryl/α,β-unsaturated/α-hetero) is 1. The van der Waals surface area contributed by atoms with Crippen LogP contribution in [0, 0.1) is 17.3 Å². The van der Waals surface area contributed by atoms with Crippen LogP contribution in [-0.2, 0) is 19.3 Å². The van der Waals surface area contributed by atoms with E-state index in [9.17, 15) is 13.8 Å². The highest BCUT2D eigenvalue weighted by atomic mass is 32.2. The molecule has 1 aromatic carbocycles. The quantitative estimate of drug-likeness (QED) is 0.625. The van der Waals surface area contributed by atoms with Crippen molar-refractivity contribution in [3.05, 3.63) is 24.3 Å². The van der Waals surface area contributed by atoms with Gasteiger partial charge in [-0.1, -0.05) is 19.9 Å². The minimum Gasteiger partial charge on any atom is -0.426 e. The van der Waals surface area contributed by atoms with Crippen LogP contribution in [-0.4, -0.2) is 28.5 Å². The number of nitrogens with zero attached hydrogens (tertiary/aromatic N) is 1. The van der Waals surface area contributed by atoms with Gasteiger partial charge >= 0.3 is 5.97 Å². The average Bonchev–Trinajstić information content (AvgIpc) is 2.35. The number of carbonyl (C=O) groups excluding carboxylic acids is 2. The zero-order valence-electron chi connectivity index (χ0n) is 14.2. The summed E-state index contributed by atoms with van der Waals surface area (Å²) in [5, 5.41) is 0. The van der Waals surface area contributed by atoms with Gasteiger partial charge in [-0.25, -0.2) is 4.21 Å². The number of benzene rings is 1. The number of hydrogen-bond donors (Lipinski definition) is 0. The molecule has 1 aliphatic carbocycles. The molecule has 0 aromatic heterocycles. The topological polar surface area (TPSA) is 72.8 Å². The van der Waals surface area contributed by atoms with E-state index in [0.29, 0.717) is 17.9 Å². The number of ether oxygens (including phenoxy) is 1. The van der Waals surface area contributed by atoms with Gasteiger partial charge in [0.05, 0.1) is 11.6 Å². The van der Waals surface area contributed by atoms with Crippen molar-refractivity contribution in [3.8, 4) is 5.75 Å². The molecule has 6 heteroatoms. The standard InChI is InChI=1S/C17H23NO4S/c1-11(19)14-10-15(17(14,2)3)16(20)22-13-8-6-7-12(9-13)18-23(4,5)21/h6-9,14-15H,10H2,1-5H3/t14-,15+/m0/s1. The summed E-state index contributed by atoms with van der Waals surface area (Å²) in [6.07, 6.45) is 3.62. The first-order chi connectivity index (χ1) is 10.5. The Hall–Kier alpha value is -1.69. The van der Waals surface area contributed by atoms with Gasteiger partial charge in [-0.15, -0.1) is 0 Å². The summed E-state index contributed by atoms with van der Waals surface area (Å²) in [5.74, 6) is -0.231. The van der Waals surface area contributed by atoms with Crippen molar-refractivity contribution in [2.75, 3.05) is 12.5 Å². The van der Waals surface area contributed by atoms with E-state index in [1.54, 1.807) is 43.7 Å². The maximum atomic E-state index is 12.4. The summed E-state index contributed by atoms with van der Waals surface area (Å²) in [4.78, 5) is 23.9. The zero-order chi connectivity index (χ0) is 17.4. The third-order valence-corrected chi connectivity index (χ3v) is 5.05. The molecule has 0 heterocycles. The summed E-state index contributed by atoms with van der Waals surface area (Å²) < 4.78 is 21.3. The number of hydrogen-bond acceptors (Lipinski definition) is 5. The molecule has 1 fully saturated rings. The maximum absolute atomic E-state index is 12.4. The molecule has 2 rings (SSSR count). The van der Waals surface area contributed by atoms with Crippen LogP contribution in [0.5, 0.6) is 5.75 Å². The molecule has 23 heavy (non-hydrogen) atoms. The van der Waals surface area contributed by atoms with Crippen molar-refractivity contribution < 1.29 is 18.5 Å². The van der Waals surface area contributed by atoms with Crippen LogP contribution < -0.4 is 4.74 Å². The molecule has 0 radical (unpaired) electrons. The van der Waals surface area contributed by atoms with Crippen molar-refractivity contribution in [2.45, 2.75) is 27.2 Å². The predicted molar refractivity (Wildman–Crippen MR) is 90.2 cm³/mol. The van der Waals surface area contributed by atoms with Crippen LogP contribution in [0.25, 0.3) is 0 Å². The van der Waals surface area contributed by atoms with E-state index in [1.807, 2.05) is 13.8 Å². The molecule has 1 aromatic rings. The molecular formula is C17H23NO4S. The van der Waals surface area contributed by atoms with Crippen LogP contribution in [0.15, 0.2) is 28.6 Å². The van der Waals surface area contributed by atoms with E-state index in [1.165, 1.54) is 0 Å². The summed E-state index contributed by atoms with van der Waals surface area (Å²) >= 11 is 0. The van der Waals surface area contributed by atoms with Gasteiger partial charge in [0, 0.05) is 34.2 Å².